The summed E-state index contributed by atoms with van der Waals surface area (Å²) in [4.78, 5) is 16.7. The summed E-state index contributed by atoms with van der Waals surface area (Å²) in [6.07, 6.45) is 2.75. The number of benzene rings is 2. The Hall–Kier alpha value is -4.07. The molecule has 4 heterocycles. The van der Waals surface area contributed by atoms with Gasteiger partial charge in [0, 0.05) is 43.1 Å². The number of nitrogens with zero attached hydrogens (tertiary/aromatic N) is 5. The van der Waals surface area contributed by atoms with Gasteiger partial charge in [-0.15, -0.1) is 0 Å². The maximum atomic E-state index is 6.27. The zero-order valence-electron chi connectivity index (χ0n) is 19.4. The number of likely N-dealkylation sites (tertiary alicyclic amines) is 1. The first-order valence-corrected chi connectivity index (χ1v) is 11.9. The molecule has 1 aliphatic rings. The second-order valence-corrected chi connectivity index (χ2v) is 9.06. The molecular weight excluding hydrogens is 434 g/mol. The molecule has 6 rings (SSSR count). The van der Waals surface area contributed by atoms with Crippen molar-refractivity contribution >= 4 is 17.0 Å². The van der Waals surface area contributed by atoms with Gasteiger partial charge in [-0.05, 0) is 48.4 Å². The van der Waals surface area contributed by atoms with E-state index in [0.717, 1.165) is 65.6 Å². The molecule has 1 fully saturated rings. The molecule has 1 atom stereocenters. The summed E-state index contributed by atoms with van der Waals surface area (Å²) in [5.41, 5.74) is 18.9. The predicted octanol–water partition coefficient (Wildman–Crippen LogP) is 4.26. The molecule has 0 amide bonds. The summed E-state index contributed by atoms with van der Waals surface area (Å²) >= 11 is 0. The maximum absolute atomic E-state index is 6.27. The lowest BCUT2D eigenvalue weighted by Crippen LogP contribution is -2.26. The van der Waals surface area contributed by atoms with Crippen molar-refractivity contribution in [3.05, 3.63) is 90.6 Å². The molecule has 0 aliphatic carbocycles. The summed E-state index contributed by atoms with van der Waals surface area (Å²) in [7, 11) is 0. The highest BCUT2D eigenvalue weighted by molar-refractivity contribution is 5.84. The van der Waals surface area contributed by atoms with Gasteiger partial charge in [0.05, 0.1) is 11.3 Å². The molecular formula is C28H27N7. The highest BCUT2D eigenvalue weighted by atomic mass is 15.2. The van der Waals surface area contributed by atoms with E-state index < -0.39 is 0 Å². The normalized spacial score (nSPS) is 16.2. The van der Waals surface area contributed by atoms with E-state index in [4.69, 9.17) is 21.4 Å². The van der Waals surface area contributed by atoms with E-state index in [1.54, 1.807) is 6.20 Å². The first kappa shape index (κ1) is 21.5. The number of rotatable bonds is 5. The van der Waals surface area contributed by atoms with E-state index in [2.05, 4.69) is 50.8 Å². The number of fused-ring (bicyclic) bond motifs is 1. The van der Waals surface area contributed by atoms with Crippen LogP contribution in [0.25, 0.3) is 39.5 Å². The molecule has 3 aromatic heterocycles. The van der Waals surface area contributed by atoms with E-state index in [0.29, 0.717) is 5.82 Å². The SMILES string of the molecule is Nc1ncccc1-c1nc2ccc(-c3ccccc3)nc2n1-c1ccc(CN2CCC(N)C2)cc1. The van der Waals surface area contributed by atoms with Crippen LogP contribution in [0, 0.1) is 0 Å². The average Bonchev–Trinajstić information content (AvgIpc) is 3.48. The molecule has 2 aromatic carbocycles. The Kier molecular flexibility index (Phi) is 5.48. The van der Waals surface area contributed by atoms with Crippen molar-refractivity contribution < 1.29 is 0 Å². The standard InChI is InChI=1S/C28H27N7/c29-21-14-16-34(18-21)17-19-8-10-22(11-9-19)35-27(23-7-4-15-31-26(23)30)33-25-13-12-24(32-28(25)35)20-5-2-1-3-6-20/h1-13,15,21H,14,16-18,29H2,(H2,30,31). The first-order chi connectivity index (χ1) is 17.2. The molecule has 35 heavy (non-hydrogen) atoms. The largest absolute Gasteiger partial charge is 0.383 e. The molecule has 0 spiro atoms. The number of hydrogen-bond donors (Lipinski definition) is 2. The van der Waals surface area contributed by atoms with Gasteiger partial charge >= 0.3 is 0 Å². The minimum Gasteiger partial charge on any atom is -0.383 e. The predicted molar refractivity (Wildman–Crippen MR) is 140 cm³/mol. The van der Waals surface area contributed by atoms with Crippen LogP contribution in [0.5, 0.6) is 0 Å². The number of nitrogen functional groups attached to an aromatic ring is 1. The van der Waals surface area contributed by atoms with Gasteiger partial charge in [-0.2, -0.15) is 0 Å². The molecule has 1 aliphatic heterocycles. The Morgan fingerprint density at radius 1 is 0.886 bits per heavy atom. The van der Waals surface area contributed by atoms with Crippen molar-refractivity contribution in [1.82, 2.24) is 24.4 Å². The fraction of sp³-hybridized carbons (Fsp3) is 0.179. The molecule has 1 saturated heterocycles. The van der Waals surface area contributed by atoms with Gasteiger partial charge in [0.2, 0.25) is 0 Å². The van der Waals surface area contributed by atoms with Gasteiger partial charge in [-0.3, -0.25) is 9.47 Å². The number of aromatic nitrogens is 4. The average molecular weight is 462 g/mol. The molecule has 4 N–H and O–H groups in total. The molecule has 174 valence electrons. The minimum absolute atomic E-state index is 0.281. The van der Waals surface area contributed by atoms with Crippen LogP contribution in [0.4, 0.5) is 5.82 Å². The fourth-order valence-corrected chi connectivity index (χ4v) is 4.77. The van der Waals surface area contributed by atoms with E-state index in [9.17, 15) is 0 Å². The van der Waals surface area contributed by atoms with Gasteiger partial charge in [-0.1, -0.05) is 42.5 Å². The Morgan fingerprint density at radius 2 is 1.71 bits per heavy atom. The quantitative estimate of drug-likeness (QED) is 0.406. The van der Waals surface area contributed by atoms with Crippen LogP contribution < -0.4 is 11.5 Å². The lowest BCUT2D eigenvalue weighted by molar-refractivity contribution is 0.327. The van der Waals surface area contributed by atoms with Gasteiger partial charge in [0.1, 0.15) is 11.3 Å². The van der Waals surface area contributed by atoms with Crippen LogP contribution in [-0.2, 0) is 6.54 Å². The number of pyridine rings is 2. The molecule has 0 saturated carbocycles. The van der Waals surface area contributed by atoms with Gasteiger partial charge < -0.3 is 11.5 Å². The Bertz CT molecular complexity index is 1480. The van der Waals surface area contributed by atoms with Crippen molar-refractivity contribution in [3.8, 4) is 28.3 Å². The van der Waals surface area contributed by atoms with E-state index in [1.165, 1.54) is 5.56 Å². The van der Waals surface area contributed by atoms with Crippen LogP contribution in [0.3, 0.4) is 0 Å². The molecule has 0 radical (unpaired) electrons. The molecule has 1 unspecified atom stereocenters. The molecule has 7 nitrogen and oxygen atoms in total. The van der Waals surface area contributed by atoms with Crippen LogP contribution in [0.15, 0.2) is 85.1 Å². The van der Waals surface area contributed by atoms with Crippen LogP contribution >= 0.6 is 0 Å². The van der Waals surface area contributed by atoms with Crippen molar-refractivity contribution in [2.24, 2.45) is 5.73 Å². The van der Waals surface area contributed by atoms with Crippen LogP contribution in [0.1, 0.15) is 12.0 Å². The van der Waals surface area contributed by atoms with Gasteiger partial charge in [0.25, 0.3) is 0 Å². The van der Waals surface area contributed by atoms with Gasteiger partial charge in [-0.25, -0.2) is 15.0 Å². The fourth-order valence-electron chi connectivity index (χ4n) is 4.77. The van der Waals surface area contributed by atoms with E-state index >= 15 is 0 Å². The third-order valence-electron chi connectivity index (χ3n) is 6.56. The highest BCUT2D eigenvalue weighted by Crippen LogP contribution is 2.31. The zero-order valence-corrected chi connectivity index (χ0v) is 19.4. The highest BCUT2D eigenvalue weighted by Gasteiger charge is 2.20. The monoisotopic (exact) mass is 461 g/mol. The third-order valence-corrected chi connectivity index (χ3v) is 6.56. The Labute approximate surface area is 204 Å². The Balaban J connectivity index is 1.47. The van der Waals surface area contributed by atoms with Crippen molar-refractivity contribution in [2.45, 2.75) is 19.0 Å². The molecule has 7 heteroatoms. The zero-order chi connectivity index (χ0) is 23.8. The summed E-state index contributed by atoms with van der Waals surface area (Å²) < 4.78 is 2.07. The second-order valence-electron chi connectivity index (χ2n) is 9.06. The molecule has 5 aromatic rings. The number of imidazole rings is 1. The summed E-state index contributed by atoms with van der Waals surface area (Å²) in [6, 6.07) is 26.9. The molecule has 0 bridgehead atoms. The number of nitrogens with two attached hydrogens (primary N) is 2. The summed E-state index contributed by atoms with van der Waals surface area (Å²) in [5, 5.41) is 0. The number of hydrogen-bond acceptors (Lipinski definition) is 6. The van der Waals surface area contributed by atoms with E-state index in [1.807, 2.05) is 42.5 Å². The maximum Gasteiger partial charge on any atom is 0.165 e. The van der Waals surface area contributed by atoms with Crippen molar-refractivity contribution in [3.63, 3.8) is 0 Å². The van der Waals surface area contributed by atoms with Crippen LogP contribution in [-0.4, -0.2) is 43.6 Å². The van der Waals surface area contributed by atoms with Crippen LogP contribution in [0.2, 0.25) is 0 Å². The summed E-state index contributed by atoms with van der Waals surface area (Å²) in [6.45, 7) is 2.90. The minimum atomic E-state index is 0.281. The third kappa shape index (κ3) is 4.16. The van der Waals surface area contributed by atoms with Crippen molar-refractivity contribution in [2.75, 3.05) is 18.8 Å². The van der Waals surface area contributed by atoms with E-state index in [-0.39, 0.29) is 6.04 Å². The first-order valence-electron chi connectivity index (χ1n) is 11.9. The smallest absolute Gasteiger partial charge is 0.165 e. The van der Waals surface area contributed by atoms with Gasteiger partial charge in [0.15, 0.2) is 11.5 Å². The Morgan fingerprint density at radius 3 is 2.46 bits per heavy atom. The lowest BCUT2D eigenvalue weighted by Gasteiger charge is -2.16. The number of anilines is 1. The second kappa shape index (κ2) is 8.94. The lowest BCUT2D eigenvalue weighted by atomic mass is 10.1. The van der Waals surface area contributed by atoms with Crippen molar-refractivity contribution in [1.29, 1.82) is 0 Å². The summed E-state index contributed by atoms with van der Waals surface area (Å²) in [5.74, 6) is 1.16. The topological polar surface area (TPSA) is 98.9 Å².